The average molecular weight is 414 g/mol. The molecule has 1 saturated heterocycles. The number of rotatable bonds is 5. The van der Waals surface area contributed by atoms with Crippen molar-refractivity contribution in [3.05, 3.63) is 64.7 Å². The van der Waals surface area contributed by atoms with Crippen molar-refractivity contribution >= 4 is 34.6 Å². The summed E-state index contributed by atoms with van der Waals surface area (Å²) in [7, 11) is 0. The first-order valence-corrected chi connectivity index (χ1v) is 9.31. The summed E-state index contributed by atoms with van der Waals surface area (Å²) in [4.78, 5) is 3.70. The van der Waals surface area contributed by atoms with Gasteiger partial charge in [0.05, 0.1) is 29.6 Å². The van der Waals surface area contributed by atoms with Crippen LogP contribution in [-0.2, 0) is 12.6 Å². The molecule has 144 valence electrons. The molecule has 0 amide bonds. The first-order valence-electron chi connectivity index (χ1n) is 8.53. The van der Waals surface area contributed by atoms with Crippen molar-refractivity contribution in [1.29, 1.82) is 0 Å². The van der Waals surface area contributed by atoms with E-state index in [0.717, 1.165) is 31.5 Å². The molecule has 1 fully saturated rings. The molecule has 0 atom stereocenters. The third kappa shape index (κ3) is 5.12. The SMILES string of the molecule is FC(F)(F)c1ccc(Cl)c(N2CN(CCCc3ccccc3)CNC2=S)c1. The van der Waals surface area contributed by atoms with Gasteiger partial charge in [0.1, 0.15) is 0 Å². The van der Waals surface area contributed by atoms with Crippen molar-refractivity contribution in [1.82, 2.24) is 10.2 Å². The van der Waals surface area contributed by atoms with Gasteiger partial charge in [0.2, 0.25) is 0 Å². The smallest absolute Gasteiger partial charge is 0.349 e. The van der Waals surface area contributed by atoms with Crippen LogP contribution in [0.25, 0.3) is 0 Å². The van der Waals surface area contributed by atoms with E-state index in [-0.39, 0.29) is 10.7 Å². The summed E-state index contributed by atoms with van der Waals surface area (Å²) >= 11 is 11.5. The molecule has 0 spiro atoms. The second-order valence-corrected chi connectivity index (χ2v) is 7.15. The number of thiocarbonyl (C=S) groups is 1. The Hall–Kier alpha value is -1.83. The van der Waals surface area contributed by atoms with Gasteiger partial charge in [-0.15, -0.1) is 0 Å². The Bertz CT molecular complexity index is 799. The Kier molecular flexibility index (Phi) is 6.24. The molecule has 0 bridgehead atoms. The molecule has 1 heterocycles. The van der Waals surface area contributed by atoms with Crippen LogP contribution in [0.2, 0.25) is 5.02 Å². The van der Waals surface area contributed by atoms with Crippen molar-refractivity contribution in [2.24, 2.45) is 0 Å². The zero-order chi connectivity index (χ0) is 19.4. The highest BCUT2D eigenvalue weighted by atomic mass is 35.5. The van der Waals surface area contributed by atoms with E-state index in [1.165, 1.54) is 11.6 Å². The van der Waals surface area contributed by atoms with Crippen LogP contribution in [0.4, 0.5) is 18.9 Å². The zero-order valence-electron chi connectivity index (χ0n) is 14.5. The minimum absolute atomic E-state index is 0.235. The maximum absolute atomic E-state index is 13.0. The van der Waals surface area contributed by atoms with E-state index in [1.54, 1.807) is 4.90 Å². The zero-order valence-corrected chi connectivity index (χ0v) is 16.0. The number of aryl methyl sites for hydroxylation is 1. The van der Waals surface area contributed by atoms with Crippen molar-refractivity contribution < 1.29 is 13.2 Å². The van der Waals surface area contributed by atoms with E-state index in [2.05, 4.69) is 22.3 Å². The Morgan fingerprint density at radius 3 is 2.56 bits per heavy atom. The normalized spacial score (nSPS) is 15.7. The van der Waals surface area contributed by atoms with E-state index >= 15 is 0 Å². The summed E-state index contributed by atoms with van der Waals surface area (Å²) in [5.74, 6) is 0. The largest absolute Gasteiger partial charge is 0.416 e. The standard InChI is InChI=1S/C19H19ClF3N3S/c20-16-9-8-15(19(21,22)23)11-17(16)26-13-25(12-24-18(26)27)10-4-7-14-5-2-1-3-6-14/h1-3,5-6,8-9,11H,4,7,10,12-13H2,(H,24,27). The van der Waals surface area contributed by atoms with Gasteiger partial charge in [-0.2, -0.15) is 13.2 Å². The number of benzene rings is 2. The topological polar surface area (TPSA) is 18.5 Å². The second kappa shape index (κ2) is 8.46. The highest BCUT2D eigenvalue weighted by Crippen LogP contribution is 2.35. The number of nitrogens with one attached hydrogen (secondary N) is 1. The van der Waals surface area contributed by atoms with Gasteiger partial charge in [-0.25, -0.2) is 0 Å². The predicted octanol–water partition coefficient (Wildman–Crippen LogP) is 4.90. The van der Waals surface area contributed by atoms with Crippen molar-refractivity contribution in [3.63, 3.8) is 0 Å². The summed E-state index contributed by atoms with van der Waals surface area (Å²) in [6, 6.07) is 13.4. The summed E-state index contributed by atoms with van der Waals surface area (Å²) in [5, 5.41) is 3.66. The van der Waals surface area contributed by atoms with Gasteiger partial charge in [0.25, 0.3) is 0 Å². The summed E-state index contributed by atoms with van der Waals surface area (Å²) < 4.78 is 39.1. The monoisotopic (exact) mass is 413 g/mol. The molecule has 3 rings (SSSR count). The van der Waals surface area contributed by atoms with Crippen LogP contribution < -0.4 is 10.2 Å². The van der Waals surface area contributed by atoms with Crippen LogP contribution >= 0.6 is 23.8 Å². The third-order valence-corrected chi connectivity index (χ3v) is 5.07. The summed E-state index contributed by atoms with van der Waals surface area (Å²) in [5.41, 5.74) is 0.776. The molecule has 0 aromatic heterocycles. The lowest BCUT2D eigenvalue weighted by molar-refractivity contribution is -0.137. The molecule has 3 nitrogen and oxygen atoms in total. The van der Waals surface area contributed by atoms with Gasteiger partial charge in [0, 0.05) is 6.54 Å². The van der Waals surface area contributed by atoms with E-state index in [1.807, 2.05) is 18.2 Å². The molecule has 0 radical (unpaired) electrons. The van der Waals surface area contributed by atoms with Gasteiger partial charge in [-0.1, -0.05) is 41.9 Å². The van der Waals surface area contributed by atoms with Crippen LogP contribution in [-0.4, -0.2) is 29.9 Å². The number of hydrogen-bond donors (Lipinski definition) is 1. The fraction of sp³-hybridized carbons (Fsp3) is 0.316. The highest BCUT2D eigenvalue weighted by molar-refractivity contribution is 7.80. The molecule has 1 N–H and O–H groups in total. The quantitative estimate of drug-likeness (QED) is 0.702. The molecule has 1 aliphatic rings. The van der Waals surface area contributed by atoms with Crippen LogP contribution in [0.5, 0.6) is 0 Å². The van der Waals surface area contributed by atoms with Gasteiger partial charge in [0.15, 0.2) is 5.11 Å². The van der Waals surface area contributed by atoms with E-state index in [9.17, 15) is 13.2 Å². The first kappa shape index (κ1) is 19.9. The fourth-order valence-electron chi connectivity index (χ4n) is 2.97. The van der Waals surface area contributed by atoms with E-state index in [4.69, 9.17) is 23.8 Å². The molecule has 0 aliphatic carbocycles. The molecule has 27 heavy (non-hydrogen) atoms. The van der Waals surface area contributed by atoms with Gasteiger partial charge >= 0.3 is 6.18 Å². The Morgan fingerprint density at radius 2 is 1.85 bits per heavy atom. The fourth-order valence-corrected chi connectivity index (χ4v) is 3.41. The van der Waals surface area contributed by atoms with Gasteiger partial charge in [-0.05, 0) is 48.8 Å². The molecule has 0 saturated carbocycles. The number of hydrogen-bond acceptors (Lipinski definition) is 2. The lowest BCUT2D eigenvalue weighted by atomic mass is 10.1. The molecular formula is C19H19ClF3N3S. The molecule has 1 aliphatic heterocycles. The van der Waals surface area contributed by atoms with Crippen molar-refractivity contribution in [3.8, 4) is 0 Å². The Morgan fingerprint density at radius 1 is 1.11 bits per heavy atom. The van der Waals surface area contributed by atoms with Crippen LogP contribution in [0.3, 0.4) is 0 Å². The number of anilines is 1. The highest BCUT2D eigenvalue weighted by Gasteiger charge is 2.32. The second-order valence-electron chi connectivity index (χ2n) is 6.36. The molecule has 8 heteroatoms. The lowest BCUT2D eigenvalue weighted by Gasteiger charge is -2.38. The minimum atomic E-state index is -4.43. The number of alkyl halides is 3. The lowest BCUT2D eigenvalue weighted by Crippen LogP contribution is -2.56. The minimum Gasteiger partial charge on any atom is -0.349 e. The third-order valence-electron chi connectivity index (χ3n) is 4.39. The van der Waals surface area contributed by atoms with Crippen molar-refractivity contribution in [2.45, 2.75) is 19.0 Å². The molecule has 0 unspecified atom stereocenters. The first-order chi connectivity index (χ1) is 12.8. The predicted molar refractivity (Wildman–Crippen MR) is 106 cm³/mol. The van der Waals surface area contributed by atoms with E-state index < -0.39 is 11.7 Å². The van der Waals surface area contributed by atoms with Gasteiger partial charge in [-0.3, -0.25) is 4.90 Å². The summed E-state index contributed by atoms with van der Waals surface area (Å²) in [6.07, 6.45) is -2.56. The molecular weight excluding hydrogens is 395 g/mol. The Labute approximate surface area is 166 Å². The van der Waals surface area contributed by atoms with Crippen LogP contribution in [0.15, 0.2) is 48.5 Å². The average Bonchev–Trinajstić information content (AvgIpc) is 2.64. The number of halogens is 4. The van der Waals surface area contributed by atoms with E-state index in [0.29, 0.717) is 18.4 Å². The van der Waals surface area contributed by atoms with Crippen LogP contribution in [0.1, 0.15) is 17.5 Å². The van der Waals surface area contributed by atoms with Crippen LogP contribution in [0, 0.1) is 0 Å². The molecule has 2 aromatic carbocycles. The Balaban J connectivity index is 1.68. The molecule has 2 aromatic rings. The maximum Gasteiger partial charge on any atom is 0.416 e. The van der Waals surface area contributed by atoms with Crippen molar-refractivity contribution in [2.75, 3.05) is 24.8 Å². The summed E-state index contributed by atoms with van der Waals surface area (Å²) in [6.45, 7) is 1.74. The maximum atomic E-state index is 13.0. The number of nitrogens with zero attached hydrogens (tertiary/aromatic N) is 2. The van der Waals surface area contributed by atoms with Gasteiger partial charge < -0.3 is 10.2 Å².